The maximum absolute atomic E-state index is 12.0. The third-order valence-corrected chi connectivity index (χ3v) is 10.1. The molecule has 1 aliphatic rings. The second-order valence-electron chi connectivity index (χ2n) is 13.5. The molecular weight excluding hydrogens is 931 g/mol. The van der Waals surface area contributed by atoms with E-state index in [4.69, 9.17) is 85.7 Å². The molecule has 0 saturated carbocycles. The van der Waals surface area contributed by atoms with E-state index in [0.29, 0.717) is 24.7 Å². The number of nitro benzene ring substituents is 1. The van der Waals surface area contributed by atoms with Gasteiger partial charge >= 0.3 is 13.6 Å². The molecule has 1 atom stereocenters. The van der Waals surface area contributed by atoms with Gasteiger partial charge in [0.25, 0.3) is 11.6 Å². The number of nitrogen functional groups attached to an aromatic ring is 1. The lowest BCUT2D eigenvalue weighted by Crippen LogP contribution is -2.45. The lowest BCUT2D eigenvalue weighted by atomic mass is 10.0. The van der Waals surface area contributed by atoms with Gasteiger partial charge in [0.05, 0.1) is 36.2 Å². The number of alkyl halides is 3. The molecule has 1 fully saturated rings. The third-order valence-electron chi connectivity index (χ3n) is 8.44. The number of anilines is 2. The monoisotopic (exact) mass is 979 g/mol. The Bertz CT molecular complexity index is 2150. The Morgan fingerprint density at radius 3 is 2.27 bits per heavy atom. The molecule has 1 saturated heterocycles. The number of rotatable bonds is 15. The van der Waals surface area contributed by atoms with Crippen molar-refractivity contribution in [2.24, 2.45) is 0 Å². The minimum atomic E-state index is -4.10. The number of furan rings is 1. The number of benzene rings is 3. The van der Waals surface area contributed by atoms with Gasteiger partial charge in [-0.25, -0.2) is 0 Å². The molecule has 3 aromatic carbocycles. The standard InChI is InChI=1S/C14H20ClNO2.C12H9ClN2O3.C11H13Cl2NO3.C3H8NO5P/c1-4-12-8-6-7-11(3)14(12)16(10-18-5-2)13(17)9-15;13-11-10(18-8-4-2-1-3-5-8)7-6-9(12(11)14)15(16)17;1-11(2)14(10(15)9(12)13)6-8(17-11)7-4-3-5-16-7;5-3(6)1-4-2-10(7,8)9/h6-8H,4-5,9-10H2,1-3H3;1-7H,14H2;3-5,8-9H,6H2,1-2H3;4H,1-2H2,(H,5,6)(H2,7,8,9). The number of amides is 2. The highest BCUT2D eigenvalue weighted by Crippen LogP contribution is 2.39. The van der Waals surface area contributed by atoms with Crippen LogP contribution in [-0.2, 0) is 34.8 Å². The summed E-state index contributed by atoms with van der Waals surface area (Å²) in [5.74, 6) is -0.118. The van der Waals surface area contributed by atoms with Gasteiger partial charge in [0.2, 0.25) is 5.91 Å². The van der Waals surface area contributed by atoms with E-state index in [9.17, 15) is 29.1 Å². The van der Waals surface area contributed by atoms with Crippen LogP contribution in [0.15, 0.2) is 83.5 Å². The number of hydrogen-bond acceptors (Lipinski definition) is 12. The van der Waals surface area contributed by atoms with Gasteiger partial charge < -0.3 is 44.2 Å². The van der Waals surface area contributed by atoms with Crippen LogP contribution in [-0.4, -0.2) is 91.7 Å². The zero-order valence-electron chi connectivity index (χ0n) is 34.9. The van der Waals surface area contributed by atoms with Gasteiger partial charge in [-0.3, -0.25) is 39.3 Å². The molecule has 2 heterocycles. The van der Waals surface area contributed by atoms with E-state index < -0.39 is 41.9 Å². The second-order valence-corrected chi connectivity index (χ2v) is 16.8. The first kappa shape index (κ1) is 54.7. The van der Waals surface area contributed by atoms with Gasteiger partial charge in [0.15, 0.2) is 4.84 Å². The van der Waals surface area contributed by atoms with Crippen LogP contribution in [0.1, 0.15) is 50.7 Å². The molecule has 6 N–H and O–H groups in total. The smallest absolute Gasteiger partial charge is 0.339 e. The van der Waals surface area contributed by atoms with Crippen molar-refractivity contribution in [3.05, 3.63) is 111 Å². The predicted molar refractivity (Wildman–Crippen MR) is 241 cm³/mol. The van der Waals surface area contributed by atoms with Crippen LogP contribution < -0.4 is 20.7 Å². The summed E-state index contributed by atoms with van der Waals surface area (Å²) in [6.45, 7) is 10.3. The van der Waals surface area contributed by atoms with E-state index in [2.05, 4.69) is 12.2 Å². The van der Waals surface area contributed by atoms with Gasteiger partial charge in [-0.15, -0.1) is 11.6 Å². The van der Waals surface area contributed by atoms with E-state index in [1.54, 1.807) is 55.3 Å². The molecule has 2 amide bonds. The summed E-state index contributed by atoms with van der Waals surface area (Å²) in [4.78, 5) is 62.1. The fourth-order valence-corrected chi connectivity index (χ4v) is 6.54. The molecule has 63 heavy (non-hydrogen) atoms. The number of aryl methyl sites for hydroxylation is 2. The van der Waals surface area contributed by atoms with E-state index in [1.807, 2.05) is 44.2 Å². The molecule has 18 nitrogen and oxygen atoms in total. The van der Waals surface area contributed by atoms with Crippen LogP contribution >= 0.6 is 54.0 Å². The number of aliphatic carboxylic acids is 1. The SMILES string of the molecule is CC1(C)OC(c2ccco2)CN1C(=O)C(Cl)Cl.CCOCN(C(=O)CCl)c1c(C)cccc1CC.Nc1c([N+](=O)[O-])ccc(Oc2ccccc2)c1Cl.O=C(O)CNCP(=O)(O)O. The van der Waals surface area contributed by atoms with Gasteiger partial charge in [0.1, 0.15) is 52.4 Å². The molecule has 0 spiro atoms. The number of halogens is 4. The number of ether oxygens (including phenoxy) is 3. The average molecular weight is 982 g/mol. The maximum Gasteiger partial charge on any atom is 0.339 e. The number of para-hydroxylation sites is 2. The summed E-state index contributed by atoms with van der Waals surface area (Å²) >= 11 is 22.8. The lowest BCUT2D eigenvalue weighted by molar-refractivity contribution is -0.383. The Morgan fingerprint density at radius 1 is 1.08 bits per heavy atom. The topological polar surface area (TPSA) is 257 Å². The minimum Gasteiger partial charge on any atom is -0.480 e. The van der Waals surface area contributed by atoms with Crippen LogP contribution in [0.25, 0.3) is 0 Å². The number of hydrogen-bond donors (Lipinski definition) is 5. The fourth-order valence-electron chi connectivity index (χ4n) is 5.56. The number of carboxylic acids is 1. The van der Waals surface area contributed by atoms with Crippen LogP contribution in [0.4, 0.5) is 17.1 Å². The summed E-state index contributed by atoms with van der Waals surface area (Å²) in [5.41, 5.74) is 7.63. The summed E-state index contributed by atoms with van der Waals surface area (Å²) in [6, 6.07) is 21.2. The highest BCUT2D eigenvalue weighted by molar-refractivity contribution is 7.51. The van der Waals surface area contributed by atoms with Crippen molar-refractivity contribution >= 4 is 88.8 Å². The Balaban J connectivity index is 0.000000295. The molecule has 4 aromatic rings. The number of carboxylic acid groups (broad SMARTS) is 1. The largest absolute Gasteiger partial charge is 0.480 e. The third kappa shape index (κ3) is 17.9. The van der Waals surface area contributed by atoms with E-state index in [0.717, 1.165) is 23.2 Å². The Labute approximate surface area is 384 Å². The zero-order valence-corrected chi connectivity index (χ0v) is 38.8. The van der Waals surface area contributed by atoms with Crippen molar-refractivity contribution in [1.29, 1.82) is 0 Å². The Morgan fingerprint density at radius 2 is 1.75 bits per heavy atom. The molecule has 0 aliphatic carbocycles. The van der Waals surface area contributed by atoms with Crippen molar-refractivity contribution < 1.29 is 57.4 Å². The van der Waals surface area contributed by atoms with Crippen molar-refractivity contribution in [3.8, 4) is 11.5 Å². The zero-order chi connectivity index (χ0) is 47.5. The van der Waals surface area contributed by atoms with Gasteiger partial charge in [-0.2, -0.15) is 0 Å². The van der Waals surface area contributed by atoms with Crippen LogP contribution in [0.2, 0.25) is 5.02 Å². The molecule has 1 unspecified atom stereocenters. The van der Waals surface area contributed by atoms with E-state index >= 15 is 0 Å². The number of carbonyl (C=O) groups is 3. The molecule has 0 radical (unpaired) electrons. The first-order valence-electron chi connectivity index (χ1n) is 18.8. The molecule has 0 bridgehead atoms. The first-order chi connectivity index (χ1) is 29.6. The highest BCUT2D eigenvalue weighted by Gasteiger charge is 2.45. The van der Waals surface area contributed by atoms with Crippen molar-refractivity contribution in [2.45, 2.75) is 57.7 Å². The van der Waals surface area contributed by atoms with Crippen molar-refractivity contribution in [3.63, 3.8) is 0 Å². The quantitative estimate of drug-likeness (QED) is 0.0188. The molecule has 1 aromatic heterocycles. The molecular formula is C40H50Cl4N5O13P. The molecule has 5 rings (SSSR count). The van der Waals surface area contributed by atoms with E-state index in [1.165, 1.54) is 17.0 Å². The maximum atomic E-state index is 12.0. The summed E-state index contributed by atoms with van der Waals surface area (Å²) in [5, 5.41) is 20.8. The number of carbonyl (C=O) groups excluding carboxylic acids is 2. The predicted octanol–water partition coefficient (Wildman–Crippen LogP) is 8.26. The second kappa shape index (κ2) is 26.4. The highest BCUT2D eigenvalue weighted by atomic mass is 35.5. The first-order valence-corrected chi connectivity index (χ1v) is 22.4. The summed E-state index contributed by atoms with van der Waals surface area (Å²) < 4.78 is 32.0. The lowest BCUT2D eigenvalue weighted by Gasteiger charge is -2.29. The van der Waals surface area contributed by atoms with Crippen LogP contribution in [0.5, 0.6) is 11.5 Å². The fraction of sp³-hybridized carbons (Fsp3) is 0.375. The number of nitrogens with two attached hydrogens (primary N) is 1. The molecule has 346 valence electrons. The minimum absolute atomic E-state index is 0.0352. The molecule has 1 aliphatic heterocycles. The average Bonchev–Trinajstić information content (AvgIpc) is 3.88. The Hall–Kier alpha value is -4.46. The number of nitrogens with one attached hydrogen (secondary N) is 1. The number of nitro groups is 1. The van der Waals surface area contributed by atoms with Gasteiger partial charge in [-0.1, -0.05) is 78.1 Å². The summed E-state index contributed by atoms with van der Waals surface area (Å²) in [6.07, 6.45) is 1.56. The van der Waals surface area contributed by atoms with Crippen molar-refractivity contribution in [2.75, 3.05) is 49.2 Å². The van der Waals surface area contributed by atoms with Gasteiger partial charge in [-0.05, 0) is 75.6 Å². The summed E-state index contributed by atoms with van der Waals surface area (Å²) in [7, 11) is -4.10. The van der Waals surface area contributed by atoms with Crippen LogP contribution in [0, 0.1) is 17.0 Å². The van der Waals surface area contributed by atoms with E-state index in [-0.39, 0.29) is 52.7 Å². The number of nitrogens with zero attached hydrogens (tertiary/aromatic N) is 3. The molecule has 23 heteroatoms. The van der Waals surface area contributed by atoms with Crippen molar-refractivity contribution in [1.82, 2.24) is 10.2 Å². The Kier molecular flexibility index (Phi) is 22.9. The normalized spacial score (nSPS) is 14.0. The van der Waals surface area contributed by atoms with Crippen LogP contribution in [0.3, 0.4) is 0 Å². The van der Waals surface area contributed by atoms with Gasteiger partial charge in [0, 0.05) is 12.7 Å².